The number of hydrogen-bond acceptors (Lipinski definition) is 4. The second-order valence-corrected chi connectivity index (χ2v) is 7.43. The SMILES string of the molecule is COc1cc(C)c2c(ccn2S(=O)(=O)c2ccc(C)cc2)c1C=O. The molecule has 124 valence electrons. The molecule has 6 heteroatoms. The van der Waals surface area contributed by atoms with E-state index >= 15 is 0 Å². The largest absolute Gasteiger partial charge is 0.496 e. The molecule has 0 N–H and O–H groups in total. The molecule has 24 heavy (non-hydrogen) atoms. The maximum absolute atomic E-state index is 13.0. The fraction of sp³-hybridized carbons (Fsp3) is 0.167. The van der Waals surface area contributed by atoms with E-state index in [2.05, 4.69) is 0 Å². The average molecular weight is 343 g/mol. The Bertz CT molecular complexity index is 1030. The van der Waals surface area contributed by atoms with Crippen molar-refractivity contribution in [2.75, 3.05) is 7.11 Å². The molecule has 0 saturated carbocycles. The van der Waals surface area contributed by atoms with E-state index in [1.165, 1.54) is 17.3 Å². The van der Waals surface area contributed by atoms with E-state index < -0.39 is 10.0 Å². The zero-order valence-electron chi connectivity index (χ0n) is 13.6. The molecule has 0 unspecified atom stereocenters. The predicted octanol–water partition coefficient (Wildman–Crippen LogP) is 3.32. The van der Waals surface area contributed by atoms with Gasteiger partial charge in [0.2, 0.25) is 0 Å². The number of aromatic nitrogens is 1. The standard InChI is InChI=1S/C18H17NO4S/c1-12-4-6-14(7-5-12)24(21,22)19-9-8-15-16(11-20)17(23-3)10-13(2)18(15)19/h4-11H,1-3H3. The summed E-state index contributed by atoms with van der Waals surface area (Å²) < 4.78 is 32.4. The third-order valence-corrected chi connectivity index (χ3v) is 5.73. The maximum Gasteiger partial charge on any atom is 0.268 e. The molecule has 0 atom stereocenters. The van der Waals surface area contributed by atoms with Crippen molar-refractivity contribution in [3.05, 3.63) is 59.3 Å². The van der Waals surface area contributed by atoms with Crippen molar-refractivity contribution in [3.8, 4) is 5.75 Å². The van der Waals surface area contributed by atoms with Crippen molar-refractivity contribution in [3.63, 3.8) is 0 Å². The highest BCUT2D eigenvalue weighted by molar-refractivity contribution is 7.90. The topological polar surface area (TPSA) is 65.4 Å². The fourth-order valence-corrected chi connectivity index (χ4v) is 4.22. The van der Waals surface area contributed by atoms with Gasteiger partial charge in [-0.05, 0) is 43.7 Å². The summed E-state index contributed by atoms with van der Waals surface area (Å²) in [5.74, 6) is 0.431. The Hall–Kier alpha value is -2.60. The van der Waals surface area contributed by atoms with Crippen LogP contribution in [0.2, 0.25) is 0 Å². The highest BCUT2D eigenvalue weighted by Gasteiger charge is 2.22. The first kappa shape index (κ1) is 16.3. The van der Waals surface area contributed by atoms with Gasteiger partial charge in [0, 0.05) is 11.6 Å². The number of rotatable bonds is 4. The molecular formula is C18H17NO4S. The lowest BCUT2D eigenvalue weighted by Crippen LogP contribution is -2.12. The molecule has 2 aromatic carbocycles. The monoisotopic (exact) mass is 343 g/mol. The minimum atomic E-state index is -3.75. The van der Waals surface area contributed by atoms with Crippen LogP contribution in [-0.4, -0.2) is 25.8 Å². The lowest BCUT2D eigenvalue weighted by atomic mass is 10.1. The van der Waals surface area contributed by atoms with Crippen LogP contribution in [0.5, 0.6) is 5.75 Å². The first-order chi connectivity index (χ1) is 11.4. The normalized spacial score (nSPS) is 11.6. The van der Waals surface area contributed by atoms with Gasteiger partial charge in [0.15, 0.2) is 6.29 Å². The van der Waals surface area contributed by atoms with Crippen LogP contribution in [0, 0.1) is 13.8 Å². The molecule has 0 bridgehead atoms. The van der Waals surface area contributed by atoms with Crippen LogP contribution in [0.3, 0.4) is 0 Å². The van der Waals surface area contributed by atoms with Crippen LogP contribution in [0.4, 0.5) is 0 Å². The highest BCUT2D eigenvalue weighted by Crippen LogP contribution is 2.32. The third kappa shape index (κ3) is 2.39. The van der Waals surface area contributed by atoms with Gasteiger partial charge in [-0.25, -0.2) is 12.4 Å². The highest BCUT2D eigenvalue weighted by atomic mass is 32.2. The van der Waals surface area contributed by atoms with E-state index in [9.17, 15) is 13.2 Å². The van der Waals surface area contributed by atoms with Crippen molar-refractivity contribution < 1.29 is 17.9 Å². The molecule has 0 spiro atoms. The van der Waals surface area contributed by atoms with Crippen molar-refractivity contribution in [2.45, 2.75) is 18.7 Å². The average Bonchev–Trinajstić information content (AvgIpc) is 3.01. The smallest absolute Gasteiger partial charge is 0.268 e. The van der Waals surface area contributed by atoms with E-state index in [0.29, 0.717) is 34.1 Å². The second-order valence-electron chi connectivity index (χ2n) is 5.62. The van der Waals surface area contributed by atoms with Gasteiger partial charge in [0.25, 0.3) is 10.0 Å². The number of aldehydes is 1. The lowest BCUT2D eigenvalue weighted by Gasteiger charge is -2.12. The molecule has 0 fully saturated rings. The van der Waals surface area contributed by atoms with E-state index in [4.69, 9.17) is 4.74 Å². The van der Waals surface area contributed by atoms with Crippen molar-refractivity contribution in [1.29, 1.82) is 0 Å². The number of methoxy groups -OCH3 is 1. The van der Waals surface area contributed by atoms with E-state index in [0.717, 1.165) is 5.56 Å². The summed E-state index contributed by atoms with van der Waals surface area (Å²) in [4.78, 5) is 11.6. The zero-order valence-corrected chi connectivity index (χ0v) is 14.4. The summed E-state index contributed by atoms with van der Waals surface area (Å²) in [6.07, 6.45) is 2.16. The minimum absolute atomic E-state index is 0.202. The van der Waals surface area contributed by atoms with E-state index in [1.54, 1.807) is 43.3 Å². The Morgan fingerprint density at radius 3 is 2.33 bits per heavy atom. The predicted molar refractivity (Wildman–Crippen MR) is 92.4 cm³/mol. The molecule has 3 aromatic rings. The molecule has 3 rings (SSSR count). The van der Waals surface area contributed by atoms with Crippen LogP contribution in [0.15, 0.2) is 47.5 Å². The van der Waals surface area contributed by atoms with E-state index in [-0.39, 0.29) is 4.90 Å². The molecule has 0 aliphatic heterocycles. The molecule has 1 aromatic heterocycles. The molecule has 0 saturated heterocycles. The van der Waals surface area contributed by atoms with Gasteiger partial charge in [-0.3, -0.25) is 4.79 Å². The molecule has 0 aliphatic carbocycles. The van der Waals surface area contributed by atoms with Gasteiger partial charge in [0.1, 0.15) is 5.75 Å². The molecule has 1 heterocycles. The summed E-state index contributed by atoms with van der Waals surface area (Å²) in [6, 6.07) is 9.97. The Morgan fingerprint density at radius 1 is 1.08 bits per heavy atom. The molecule has 0 amide bonds. The van der Waals surface area contributed by atoms with Crippen LogP contribution >= 0.6 is 0 Å². The number of carbonyl (C=O) groups is 1. The number of hydrogen-bond donors (Lipinski definition) is 0. The summed E-state index contributed by atoms with van der Waals surface area (Å²) in [5.41, 5.74) is 2.53. The van der Waals surface area contributed by atoms with Crippen molar-refractivity contribution in [2.24, 2.45) is 0 Å². The summed E-state index contributed by atoms with van der Waals surface area (Å²) >= 11 is 0. The molecule has 5 nitrogen and oxygen atoms in total. The van der Waals surface area contributed by atoms with Gasteiger partial charge in [-0.15, -0.1) is 0 Å². The van der Waals surface area contributed by atoms with Gasteiger partial charge < -0.3 is 4.74 Å². The minimum Gasteiger partial charge on any atom is -0.496 e. The third-order valence-electron chi connectivity index (χ3n) is 4.04. The Kier molecular flexibility index (Phi) is 3.93. The second kappa shape index (κ2) is 5.79. The molecule has 0 radical (unpaired) electrons. The van der Waals surface area contributed by atoms with Gasteiger partial charge in [0.05, 0.1) is 23.1 Å². The number of fused-ring (bicyclic) bond motifs is 1. The zero-order chi connectivity index (χ0) is 17.5. The van der Waals surface area contributed by atoms with Crippen molar-refractivity contribution >= 4 is 27.2 Å². The number of carbonyl (C=O) groups excluding carboxylic acids is 1. The number of benzene rings is 2. The summed E-state index contributed by atoms with van der Waals surface area (Å²) in [7, 11) is -2.27. The fourth-order valence-electron chi connectivity index (χ4n) is 2.81. The van der Waals surface area contributed by atoms with Crippen LogP contribution < -0.4 is 4.74 Å². The van der Waals surface area contributed by atoms with Gasteiger partial charge in [-0.2, -0.15) is 0 Å². The first-order valence-corrected chi connectivity index (χ1v) is 8.80. The Labute approximate surface area is 140 Å². The molecule has 0 aliphatic rings. The summed E-state index contributed by atoms with van der Waals surface area (Å²) in [6.45, 7) is 3.69. The Balaban J connectivity index is 2.32. The summed E-state index contributed by atoms with van der Waals surface area (Å²) in [5, 5.41) is 0.553. The number of ether oxygens (including phenoxy) is 1. The lowest BCUT2D eigenvalue weighted by molar-refractivity contribution is 0.112. The van der Waals surface area contributed by atoms with Crippen molar-refractivity contribution in [1.82, 2.24) is 3.97 Å². The van der Waals surface area contributed by atoms with E-state index in [1.807, 2.05) is 6.92 Å². The van der Waals surface area contributed by atoms with Crippen LogP contribution in [0.25, 0.3) is 10.9 Å². The van der Waals surface area contributed by atoms with Gasteiger partial charge >= 0.3 is 0 Å². The van der Waals surface area contributed by atoms with Gasteiger partial charge in [-0.1, -0.05) is 17.7 Å². The number of aryl methyl sites for hydroxylation is 2. The number of nitrogens with zero attached hydrogens (tertiary/aromatic N) is 1. The first-order valence-electron chi connectivity index (χ1n) is 7.36. The quantitative estimate of drug-likeness (QED) is 0.682. The van der Waals surface area contributed by atoms with Crippen LogP contribution in [0.1, 0.15) is 21.5 Å². The van der Waals surface area contributed by atoms with Crippen LogP contribution in [-0.2, 0) is 10.0 Å². The Morgan fingerprint density at radius 2 is 1.75 bits per heavy atom. The molecular weight excluding hydrogens is 326 g/mol. The maximum atomic E-state index is 13.0.